The number of allylic oxidation sites excluding steroid dienone is 1. The molecule has 0 bridgehead atoms. The van der Waals surface area contributed by atoms with Gasteiger partial charge in [0.1, 0.15) is 12.6 Å². The van der Waals surface area contributed by atoms with Crippen LogP contribution >= 0.6 is 50.9 Å². The molecule has 2 heterocycles. The zero-order valence-corrected chi connectivity index (χ0v) is 25.9. The Hall–Kier alpha value is -2.40. The molecule has 208 valence electrons. The number of unbranched alkanes of at least 4 members (excludes halogenated alkanes) is 1. The number of rotatable bonds is 11. The number of methoxy groups -OCH3 is 1. The fraction of sp³-hybridized carbons (Fsp3) is 0.370. The van der Waals surface area contributed by atoms with Crippen molar-refractivity contribution in [3.63, 3.8) is 0 Å². The van der Waals surface area contributed by atoms with Crippen molar-refractivity contribution in [1.29, 1.82) is 0 Å². The number of benzene rings is 2. The number of fused-ring (bicyclic) bond motifs is 1. The van der Waals surface area contributed by atoms with Crippen LogP contribution in [0.15, 0.2) is 51.2 Å². The van der Waals surface area contributed by atoms with Crippen LogP contribution in [-0.4, -0.2) is 40.2 Å². The van der Waals surface area contributed by atoms with Crippen LogP contribution in [0.5, 0.6) is 11.5 Å². The number of carbonyl (C=O) groups is 1. The molecule has 4 rings (SSSR count). The van der Waals surface area contributed by atoms with Crippen molar-refractivity contribution in [2.75, 3.05) is 24.8 Å². The van der Waals surface area contributed by atoms with Gasteiger partial charge in [0.2, 0.25) is 11.1 Å². The Morgan fingerprint density at radius 3 is 2.69 bits per heavy atom. The van der Waals surface area contributed by atoms with Gasteiger partial charge in [-0.15, -0.1) is 5.10 Å². The Morgan fingerprint density at radius 1 is 1.21 bits per heavy atom. The number of ether oxygens (including phenoxy) is 3. The van der Waals surface area contributed by atoms with E-state index >= 15 is 0 Å². The lowest BCUT2D eigenvalue weighted by atomic mass is 9.95. The first-order valence-corrected chi connectivity index (χ1v) is 15.0. The van der Waals surface area contributed by atoms with E-state index in [1.807, 2.05) is 25.1 Å². The van der Waals surface area contributed by atoms with E-state index in [9.17, 15) is 4.79 Å². The molecular weight excluding hydrogens is 627 g/mol. The molecule has 39 heavy (non-hydrogen) atoms. The lowest BCUT2D eigenvalue weighted by Gasteiger charge is -2.28. The zero-order chi connectivity index (χ0) is 28.1. The maximum atomic E-state index is 13.2. The van der Waals surface area contributed by atoms with Gasteiger partial charge in [0.25, 0.3) is 0 Å². The van der Waals surface area contributed by atoms with Gasteiger partial charge in [-0.05, 0) is 71.6 Å². The molecule has 0 radical (unpaired) electrons. The summed E-state index contributed by atoms with van der Waals surface area (Å²) in [7, 11) is 1.57. The summed E-state index contributed by atoms with van der Waals surface area (Å²) in [5, 5.41) is 9.56. The summed E-state index contributed by atoms with van der Waals surface area (Å²) < 4.78 is 19.6. The first-order chi connectivity index (χ1) is 18.8. The monoisotopic (exact) mass is 654 g/mol. The third-order valence-corrected chi connectivity index (χ3v) is 8.24. The van der Waals surface area contributed by atoms with Crippen LogP contribution in [-0.2, 0) is 16.1 Å². The summed E-state index contributed by atoms with van der Waals surface area (Å²) >= 11 is 17.4. The van der Waals surface area contributed by atoms with Gasteiger partial charge < -0.3 is 19.5 Å². The summed E-state index contributed by atoms with van der Waals surface area (Å²) in [6.45, 7) is 6.26. The van der Waals surface area contributed by atoms with E-state index in [1.165, 1.54) is 0 Å². The highest BCUT2D eigenvalue weighted by molar-refractivity contribution is 9.10. The normalized spacial score (nSPS) is 14.6. The minimum atomic E-state index is -0.595. The van der Waals surface area contributed by atoms with Gasteiger partial charge in [-0.1, -0.05) is 54.4 Å². The number of hydrogen-bond acceptors (Lipinski definition) is 8. The number of esters is 1. The molecule has 0 saturated carbocycles. The van der Waals surface area contributed by atoms with Crippen LogP contribution in [0, 0.1) is 0 Å². The van der Waals surface area contributed by atoms with Gasteiger partial charge in [0, 0.05) is 11.4 Å². The highest BCUT2D eigenvalue weighted by Crippen LogP contribution is 2.43. The molecule has 1 atom stereocenters. The zero-order valence-electron chi connectivity index (χ0n) is 22.0. The lowest BCUT2D eigenvalue weighted by Crippen LogP contribution is -2.29. The van der Waals surface area contributed by atoms with E-state index in [4.69, 9.17) is 42.5 Å². The third-order valence-electron chi connectivity index (χ3n) is 5.99. The molecule has 12 heteroatoms. The number of nitrogens with one attached hydrogen (secondary N) is 1. The topological polar surface area (TPSA) is 87.5 Å². The molecule has 1 aliphatic rings. The molecule has 1 N–H and O–H groups in total. The van der Waals surface area contributed by atoms with Gasteiger partial charge in [0.05, 0.1) is 33.8 Å². The average Bonchev–Trinajstić information content (AvgIpc) is 3.31. The predicted octanol–water partition coefficient (Wildman–Crippen LogP) is 7.68. The van der Waals surface area contributed by atoms with Gasteiger partial charge in [-0.3, -0.25) is 0 Å². The summed E-state index contributed by atoms with van der Waals surface area (Å²) in [5.74, 6) is 2.03. The van der Waals surface area contributed by atoms with E-state index in [1.54, 1.807) is 42.6 Å². The Balaban J connectivity index is 1.73. The van der Waals surface area contributed by atoms with Crippen LogP contribution in [0.3, 0.4) is 0 Å². The molecule has 0 aliphatic carbocycles. The number of carbonyl (C=O) groups excluding carboxylic acids is 1. The average molecular weight is 656 g/mol. The molecule has 1 unspecified atom stereocenters. The Labute approximate surface area is 250 Å². The number of nitrogens with zero attached hydrogens (tertiary/aromatic N) is 3. The van der Waals surface area contributed by atoms with Crippen LogP contribution in [0.1, 0.15) is 50.8 Å². The second-order valence-corrected chi connectivity index (χ2v) is 11.5. The molecule has 1 aromatic heterocycles. The molecule has 0 amide bonds. The van der Waals surface area contributed by atoms with Crippen LogP contribution < -0.4 is 14.8 Å². The highest BCUT2D eigenvalue weighted by Gasteiger charge is 2.36. The van der Waals surface area contributed by atoms with Crippen molar-refractivity contribution < 1.29 is 19.0 Å². The first kappa shape index (κ1) is 29.6. The Kier molecular flexibility index (Phi) is 10.1. The maximum absolute atomic E-state index is 13.2. The SMILES string of the molecule is CCCCSc1nc2n(n1)C(c1cc(Br)c(OCc3ccc(Cl)c(Cl)c3)c(OC)c1)C(C(=O)OCC)=C(C)N2. The number of aromatic nitrogens is 3. The van der Waals surface area contributed by atoms with Gasteiger partial charge >= 0.3 is 5.97 Å². The molecule has 0 saturated heterocycles. The number of halogens is 3. The van der Waals surface area contributed by atoms with Crippen LogP contribution in [0.4, 0.5) is 5.95 Å². The maximum Gasteiger partial charge on any atom is 0.338 e. The van der Waals surface area contributed by atoms with Crippen molar-refractivity contribution in [3.05, 3.63) is 67.2 Å². The molecule has 0 fully saturated rings. The molecule has 0 spiro atoms. The van der Waals surface area contributed by atoms with Crippen molar-refractivity contribution in [1.82, 2.24) is 14.8 Å². The van der Waals surface area contributed by atoms with E-state index in [-0.39, 0.29) is 13.2 Å². The van der Waals surface area contributed by atoms with Gasteiger partial charge in [-0.2, -0.15) is 4.98 Å². The summed E-state index contributed by atoms with van der Waals surface area (Å²) in [4.78, 5) is 17.8. The van der Waals surface area contributed by atoms with Crippen LogP contribution in [0.2, 0.25) is 10.0 Å². The third kappa shape index (κ3) is 6.67. The fourth-order valence-electron chi connectivity index (χ4n) is 4.10. The van der Waals surface area contributed by atoms with Gasteiger partial charge in [0.15, 0.2) is 11.5 Å². The van der Waals surface area contributed by atoms with E-state index in [2.05, 4.69) is 33.2 Å². The minimum absolute atomic E-state index is 0.247. The number of hydrogen-bond donors (Lipinski definition) is 1. The van der Waals surface area contributed by atoms with Crippen molar-refractivity contribution >= 4 is 62.8 Å². The predicted molar refractivity (Wildman–Crippen MR) is 158 cm³/mol. The molecule has 1 aliphatic heterocycles. The second-order valence-electron chi connectivity index (χ2n) is 8.72. The van der Waals surface area contributed by atoms with E-state index in [0.717, 1.165) is 29.7 Å². The molecule has 3 aromatic rings. The first-order valence-electron chi connectivity index (χ1n) is 12.5. The summed E-state index contributed by atoms with van der Waals surface area (Å²) in [5.41, 5.74) is 2.70. The van der Waals surface area contributed by atoms with Crippen LogP contribution in [0.25, 0.3) is 0 Å². The molecule has 8 nitrogen and oxygen atoms in total. The van der Waals surface area contributed by atoms with Gasteiger partial charge in [-0.25, -0.2) is 9.48 Å². The highest BCUT2D eigenvalue weighted by atomic mass is 79.9. The van der Waals surface area contributed by atoms with E-state index < -0.39 is 12.0 Å². The lowest BCUT2D eigenvalue weighted by molar-refractivity contribution is -0.139. The van der Waals surface area contributed by atoms with Crippen molar-refractivity contribution in [2.24, 2.45) is 0 Å². The summed E-state index contributed by atoms with van der Waals surface area (Å²) in [6, 6.07) is 8.47. The van der Waals surface area contributed by atoms with Crippen molar-refractivity contribution in [2.45, 2.75) is 51.4 Å². The Morgan fingerprint density at radius 2 is 2.00 bits per heavy atom. The minimum Gasteiger partial charge on any atom is -0.493 e. The molecule has 2 aromatic carbocycles. The molecular formula is C27H29BrCl2N4O4S. The van der Waals surface area contributed by atoms with Crippen molar-refractivity contribution in [3.8, 4) is 11.5 Å². The number of anilines is 1. The fourth-order valence-corrected chi connectivity index (χ4v) is 5.91. The standard InChI is InChI=1S/C27H29BrCl2N4O4S/c1-5-7-10-39-27-32-26-31-15(3)22(25(35)37-6-2)23(34(26)33-27)17-12-18(28)24(21(13-17)36-4)38-14-16-8-9-19(29)20(30)11-16/h8-9,11-13,23H,5-7,10,14H2,1-4H3,(H,31,32,33). The Bertz CT molecular complexity index is 1400. The largest absolute Gasteiger partial charge is 0.493 e. The second kappa shape index (κ2) is 13.3. The quantitative estimate of drug-likeness (QED) is 0.128. The number of thioether (sulfide) groups is 1. The van der Waals surface area contributed by atoms with E-state index in [0.29, 0.717) is 48.4 Å². The summed E-state index contributed by atoms with van der Waals surface area (Å²) in [6.07, 6.45) is 2.15. The smallest absolute Gasteiger partial charge is 0.338 e.